The molecule has 176 valence electrons. The lowest BCUT2D eigenvalue weighted by molar-refractivity contribution is -0.160. The van der Waals surface area contributed by atoms with Crippen LogP contribution in [0, 0.1) is 17.5 Å². The Hall–Kier alpha value is -2.13. The molecule has 5 nitrogen and oxygen atoms in total. The van der Waals surface area contributed by atoms with Crippen LogP contribution < -0.4 is 10.6 Å². The second kappa shape index (κ2) is 10.7. The summed E-state index contributed by atoms with van der Waals surface area (Å²) in [6, 6.07) is 6.68. The molecule has 0 bridgehead atoms. The summed E-state index contributed by atoms with van der Waals surface area (Å²) in [6.45, 7) is 5.54. The van der Waals surface area contributed by atoms with Crippen LogP contribution in [0.25, 0.3) is 0 Å². The first-order chi connectivity index (χ1) is 15.3. The molecule has 3 rings (SSSR count). The van der Waals surface area contributed by atoms with Gasteiger partial charge in [0.1, 0.15) is 17.6 Å². The van der Waals surface area contributed by atoms with Gasteiger partial charge in [0.25, 0.3) is 0 Å². The topological polar surface area (TPSA) is 67.8 Å². The second-order valence-corrected chi connectivity index (χ2v) is 8.51. The van der Waals surface area contributed by atoms with Gasteiger partial charge in [-0.1, -0.05) is 32.8 Å². The number of rotatable bonds is 11. The zero-order valence-corrected chi connectivity index (χ0v) is 18.6. The van der Waals surface area contributed by atoms with Crippen molar-refractivity contribution in [2.45, 2.75) is 51.4 Å². The van der Waals surface area contributed by atoms with Crippen molar-refractivity contribution in [1.29, 1.82) is 0 Å². The van der Waals surface area contributed by atoms with Gasteiger partial charge in [-0.15, -0.1) is 0 Å². The largest absolute Gasteiger partial charge is 0.386 e. The first-order valence-corrected chi connectivity index (χ1v) is 11.2. The van der Waals surface area contributed by atoms with Crippen LogP contribution in [0.5, 0.6) is 0 Å². The number of nitrogens with one attached hydrogen (secondary N) is 2. The summed E-state index contributed by atoms with van der Waals surface area (Å²) in [7, 11) is 0. The predicted molar refractivity (Wildman–Crippen MR) is 119 cm³/mol. The number of hydrogen-bond acceptors (Lipinski definition) is 5. The van der Waals surface area contributed by atoms with Crippen LogP contribution in [0.15, 0.2) is 30.3 Å². The molecule has 0 radical (unpaired) electrons. The van der Waals surface area contributed by atoms with Crippen molar-refractivity contribution in [3.8, 4) is 0 Å². The molecule has 0 aromatic heterocycles. The fraction of sp³-hybridized carbons (Fsp3) is 0.500. The fourth-order valence-electron chi connectivity index (χ4n) is 3.93. The Balaban J connectivity index is 1.71. The van der Waals surface area contributed by atoms with Crippen molar-refractivity contribution in [2.24, 2.45) is 0 Å². The van der Waals surface area contributed by atoms with Crippen molar-refractivity contribution in [2.75, 3.05) is 31.5 Å². The summed E-state index contributed by atoms with van der Waals surface area (Å²) in [5.74, 6) is -2.90. The van der Waals surface area contributed by atoms with Gasteiger partial charge >= 0.3 is 0 Å². The van der Waals surface area contributed by atoms with E-state index < -0.39 is 29.3 Å². The summed E-state index contributed by atoms with van der Waals surface area (Å²) in [5.41, 5.74) is -0.496. The molecule has 4 N–H and O–H groups in total. The maximum absolute atomic E-state index is 14.6. The van der Waals surface area contributed by atoms with Crippen molar-refractivity contribution in [3.63, 3.8) is 0 Å². The molecule has 1 unspecified atom stereocenters. The molecule has 0 aliphatic carbocycles. The van der Waals surface area contributed by atoms with Gasteiger partial charge in [-0.05, 0) is 49.2 Å². The summed E-state index contributed by atoms with van der Waals surface area (Å²) in [4.78, 5) is 1.56. The van der Waals surface area contributed by atoms with Gasteiger partial charge in [0.2, 0.25) is 0 Å². The lowest BCUT2D eigenvalue weighted by Gasteiger charge is -2.49. The molecule has 0 saturated carbocycles. The molecule has 0 spiro atoms. The average Bonchev–Trinajstić information content (AvgIpc) is 2.75. The summed E-state index contributed by atoms with van der Waals surface area (Å²) >= 11 is 0. The second-order valence-electron chi connectivity index (χ2n) is 8.51. The molecule has 1 heterocycles. The van der Waals surface area contributed by atoms with Crippen molar-refractivity contribution < 1.29 is 23.4 Å². The molecule has 1 aliphatic heterocycles. The first kappa shape index (κ1) is 24.5. The molecule has 2 aromatic rings. The Morgan fingerprint density at radius 2 is 1.81 bits per heavy atom. The third-order valence-corrected chi connectivity index (χ3v) is 5.86. The van der Waals surface area contributed by atoms with E-state index in [1.165, 1.54) is 18.2 Å². The maximum Gasteiger partial charge on any atom is 0.182 e. The SMILES string of the molecule is CCCCCNCC1(O)CN(C(O)c2ccc(F)c(F)c2Nc2ccc(CC)cc2F)C1. The molecule has 1 fully saturated rings. The van der Waals surface area contributed by atoms with Crippen LogP contribution in [0.4, 0.5) is 24.5 Å². The van der Waals surface area contributed by atoms with E-state index >= 15 is 0 Å². The number of unbranched alkanes of at least 4 members (excludes halogenated alkanes) is 2. The van der Waals surface area contributed by atoms with Gasteiger partial charge in [0.05, 0.1) is 11.4 Å². The van der Waals surface area contributed by atoms with Crippen molar-refractivity contribution in [1.82, 2.24) is 10.2 Å². The Labute approximate surface area is 187 Å². The summed E-state index contributed by atoms with van der Waals surface area (Å²) < 4.78 is 43.0. The van der Waals surface area contributed by atoms with Crippen LogP contribution in [0.3, 0.4) is 0 Å². The Kier molecular flexibility index (Phi) is 8.16. The summed E-state index contributed by atoms with van der Waals surface area (Å²) in [6.07, 6.45) is 2.61. The lowest BCUT2D eigenvalue weighted by Crippen LogP contribution is -2.66. The van der Waals surface area contributed by atoms with Gasteiger partial charge in [0, 0.05) is 25.2 Å². The minimum atomic E-state index is -1.29. The molecule has 1 aliphatic rings. The molecule has 0 amide bonds. The number of halogens is 3. The van der Waals surface area contributed by atoms with E-state index in [4.69, 9.17) is 0 Å². The normalized spacial score (nSPS) is 16.6. The van der Waals surface area contributed by atoms with Crippen molar-refractivity contribution >= 4 is 11.4 Å². The maximum atomic E-state index is 14.6. The van der Waals surface area contributed by atoms with Gasteiger partial charge in [0.15, 0.2) is 11.6 Å². The van der Waals surface area contributed by atoms with Crippen LogP contribution in [0.1, 0.15) is 50.5 Å². The minimum absolute atomic E-state index is 0.0171. The predicted octanol–water partition coefficient (Wildman–Crippen LogP) is 4.23. The number of anilines is 2. The zero-order chi connectivity index (χ0) is 23.3. The summed E-state index contributed by atoms with van der Waals surface area (Å²) in [5, 5.41) is 27.2. The first-order valence-electron chi connectivity index (χ1n) is 11.2. The Bertz CT molecular complexity index is 920. The van der Waals surface area contributed by atoms with E-state index in [1.807, 2.05) is 6.92 Å². The average molecular weight is 452 g/mol. The van der Waals surface area contributed by atoms with Gasteiger partial charge in [-0.3, -0.25) is 4.90 Å². The molecule has 8 heteroatoms. The minimum Gasteiger partial charge on any atom is -0.386 e. The van der Waals surface area contributed by atoms with Crippen LogP contribution >= 0.6 is 0 Å². The van der Waals surface area contributed by atoms with E-state index in [1.54, 1.807) is 11.0 Å². The molecule has 2 aromatic carbocycles. The van der Waals surface area contributed by atoms with Crippen LogP contribution in [-0.2, 0) is 6.42 Å². The number of benzene rings is 2. The fourth-order valence-corrected chi connectivity index (χ4v) is 3.93. The van der Waals surface area contributed by atoms with E-state index in [0.29, 0.717) is 13.0 Å². The van der Waals surface area contributed by atoms with Gasteiger partial charge < -0.3 is 20.8 Å². The molecule has 1 atom stereocenters. The van der Waals surface area contributed by atoms with Gasteiger partial charge in [-0.2, -0.15) is 0 Å². The molecular weight excluding hydrogens is 419 g/mol. The number of likely N-dealkylation sites (tertiary alicyclic amines) is 1. The Morgan fingerprint density at radius 3 is 2.47 bits per heavy atom. The van der Waals surface area contributed by atoms with E-state index in [9.17, 15) is 23.4 Å². The number of hydrogen-bond donors (Lipinski definition) is 4. The van der Waals surface area contributed by atoms with Gasteiger partial charge in [-0.25, -0.2) is 13.2 Å². The van der Waals surface area contributed by atoms with Crippen molar-refractivity contribution in [3.05, 3.63) is 58.9 Å². The third kappa shape index (κ3) is 5.61. The number of β-amino-alcohol motifs (C(OH)–C–C–N with tert-alkyl or cyclic N) is 1. The Morgan fingerprint density at radius 1 is 1.06 bits per heavy atom. The standard InChI is InChI=1S/C24H32F3N3O2/c1-3-5-6-11-28-13-24(32)14-30(15-24)23(31)17-8-9-18(25)21(27)22(17)29-20-10-7-16(4-2)12-19(20)26/h7-10,12,23,28-29,31-32H,3-6,11,13-15H2,1-2H3. The lowest BCUT2D eigenvalue weighted by atomic mass is 9.92. The highest BCUT2D eigenvalue weighted by Crippen LogP contribution is 2.36. The smallest absolute Gasteiger partial charge is 0.182 e. The molecule has 32 heavy (non-hydrogen) atoms. The van der Waals surface area contributed by atoms with Crippen LogP contribution in [0.2, 0.25) is 0 Å². The highest BCUT2D eigenvalue weighted by molar-refractivity contribution is 5.65. The number of aliphatic hydroxyl groups is 2. The molecule has 1 saturated heterocycles. The quantitative estimate of drug-likeness (QED) is 0.385. The highest BCUT2D eigenvalue weighted by Gasteiger charge is 2.44. The van der Waals surface area contributed by atoms with Crippen LogP contribution in [-0.4, -0.2) is 46.9 Å². The molecular formula is C24H32F3N3O2. The van der Waals surface area contributed by atoms with E-state index in [0.717, 1.165) is 37.4 Å². The number of aliphatic hydroxyl groups excluding tert-OH is 1. The monoisotopic (exact) mass is 451 g/mol. The zero-order valence-electron chi connectivity index (χ0n) is 18.6. The number of nitrogens with zero attached hydrogens (tertiary/aromatic N) is 1. The number of aryl methyl sites for hydroxylation is 1. The van der Waals surface area contributed by atoms with E-state index in [-0.39, 0.29) is 30.0 Å². The van der Waals surface area contributed by atoms with E-state index in [2.05, 4.69) is 17.6 Å². The third-order valence-electron chi connectivity index (χ3n) is 5.86. The highest BCUT2D eigenvalue weighted by atomic mass is 19.2.